The molecule has 4 aromatic rings. The fraction of sp³-hybridized carbons (Fsp3) is 0.345. The van der Waals surface area contributed by atoms with Crippen LogP contribution < -0.4 is 34.6 Å². The summed E-state index contributed by atoms with van der Waals surface area (Å²) in [5.74, 6) is 1.69. The molecule has 4 rings (SSSR count). The van der Waals surface area contributed by atoms with Gasteiger partial charge in [-0.1, -0.05) is 4.98 Å². The second-order valence-electron chi connectivity index (χ2n) is 9.35. The molecular weight excluding hydrogens is 528 g/mol. The van der Waals surface area contributed by atoms with Crippen LogP contribution in [-0.4, -0.2) is 80.1 Å². The number of fused-ring (bicyclic) bond motifs is 1. The van der Waals surface area contributed by atoms with Gasteiger partial charge in [-0.05, 0) is 70.0 Å². The molecule has 0 spiro atoms. The van der Waals surface area contributed by atoms with Crippen molar-refractivity contribution in [3.63, 3.8) is 0 Å². The summed E-state index contributed by atoms with van der Waals surface area (Å²) in [5.41, 5.74) is 2.61. The zero-order valence-corrected chi connectivity index (χ0v) is 23.5. The van der Waals surface area contributed by atoms with Gasteiger partial charge in [-0.15, -0.1) is 0 Å². The molecule has 2 aromatic heterocycles. The maximum Gasteiger partial charge on any atom is 0.341 e. The van der Waals surface area contributed by atoms with Crippen LogP contribution in [0.25, 0.3) is 11.0 Å². The summed E-state index contributed by atoms with van der Waals surface area (Å²) in [6.45, 7) is 2.67. The summed E-state index contributed by atoms with van der Waals surface area (Å²) < 4.78 is 22.3. The predicted molar refractivity (Wildman–Crippen MR) is 154 cm³/mol. The van der Waals surface area contributed by atoms with Crippen molar-refractivity contribution in [1.82, 2.24) is 20.2 Å². The third kappa shape index (κ3) is 8.47. The second kappa shape index (κ2) is 14.7. The first kappa shape index (κ1) is 29.4. The van der Waals surface area contributed by atoms with Crippen LogP contribution in [0.5, 0.6) is 23.0 Å². The molecule has 0 saturated carbocycles. The first-order chi connectivity index (χ1) is 20.0. The summed E-state index contributed by atoms with van der Waals surface area (Å²) in [5, 5.41) is 16.7. The smallest absolute Gasteiger partial charge is 0.341 e. The third-order valence-corrected chi connectivity index (χ3v) is 6.23. The number of aliphatic carboxylic acids is 1. The molecule has 12 heteroatoms. The number of hydrogen-bond acceptors (Lipinski definition) is 9. The van der Waals surface area contributed by atoms with E-state index in [0.29, 0.717) is 28.8 Å². The number of aromatic amines is 2. The van der Waals surface area contributed by atoms with Gasteiger partial charge in [0.1, 0.15) is 30.1 Å². The van der Waals surface area contributed by atoms with Crippen LogP contribution in [0.4, 0.5) is 11.5 Å². The van der Waals surface area contributed by atoms with Crippen LogP contribution in [-0.2, 0) is 11.3 Å². The number of carbonyl (C=O) groups is 1. The van der Waals surface area contributed by atoms with E-state index in [9.17, 15) is 9.90 Å². The Morgan fingerprint density at radius 1 is 1.07 bits per heavy atom. The van der Waals surface area contributed by atoms with E-state index in [2.05, 4.69) is 37.5 Å². The SMILES string of the molecule is CNCCCN(C)Cc1c[nH]c2[nH+]cnc(Nc3ccc(OCCOc4ccc(OC)cc4)c(OCC(=O)O)c3)c12. The lowest BCUT2D eigenvalue weighted by Crippen LogP contribution is -2.22. The Hall–Kier alpha value is -4.55. The number of carboxylic acid groups (broad SMARTS) is 1. The van der Waals surface area contributed by atoms with Crippen molar-refractivity contribution in [3.8, 4) is 23.0 Å². The lowest BCUT2D eigenvalue weighted by Gasteiger charge is -2.16. The zero-order valence-electron chi connectivity index (χ0n) is 23.5. The molecule has 0 radical (unpaired) electrons. The summed E-state index contributed by atoms with van der Waals surface area (Å²) >= 11 is 0. The number of nitrogens with zero attached hydrogens (tertiary/aromatic N) is 2. The fourth-order valence-electron chi connectivity index (χ4n) is 4.27. The standard InChI is InChI=1S/C29H36N6O6/c1-30-11-4-12-35(2)17-20-16-31-28-27(20)29(33-19-32-28)34-21-5-10-24(25(15-21)41-18-26(36)37)40-14-13-39-23-8-6-22(38-3)7-9-23/h5-10,15-16,19,30H,4,11-14,17-18H2,1-3H3,(H,36,37)(H2,31,32,33,34)/p+1. The van der Waals surface area contributed by atoms with Crippen molar-refractivity contribution in [2.75, 3.05) is 59.4 Å². The van der Waals surface area contributed by atoms with Gasteiger partial charge in [0.05, 0.1) is 13.3 Å². The van der Waals surface area contributed by atoms with Gasteiger partial charge in [0.15, 0.2) is 18.1 Å². The molecule has 41 heavy (non-hydrogen) atoms. The van der Waals surface area contributed by atoms with Gasteiger partial charge in [0.25, 0.3) is 0 Å². The van der Waals surface area contributed by atoms with E-state index in [1.54, 1.807) is 25.6 Å². The van der Waals surface area contributed by atoms with E-state index in [0.717, 1.165) is 48.4 Å². The quantitative estimate of drug-likeness (QED) is 0.141. The Kier molecular flexibility index (Phi) is 10.6. The van der Waals surface area contributed by atoms with Crippen LogP contribution in [0, 0.1) is 0 Å². The number of hydrogen-bond donors (Lipinski definition) is 4. The molecule has 218 valence electrons. The normalized spacial score (nSPS) is 11.0. The molecule has 0 fully saturated rings. The number of anilines is 2. The number of rotatable bonds is 17. The minimum atomic E-state index is -1.09. The van der Waals surface area contributed by atoms with Gasteiger partial charge in [0.2, 0.25) is 17.8 Å². The Balaban J connectivity index is 1.46. The average molecular weight is 566 g/mol. The van der Waals surface area contributed by atoms with Crippen molar-refractivity contribution >= 4 is 28.5 Å². The fourth-order valence-corrected chi connectivity index (χ4v) is 4.27. The molecule has 2 heterocycles. The molecule has 0 bridgehead atoms. The molecule has 0 aliphatic heterocycles. The molecule has 0 aliphatic carbocycles. The van der Waals surface area contributed by atoms with Crippen LogP contribution in [0.2, 0.25) is 0 Å². The predicted octanol–water partition coefficient (Wildman–Crippen LogP) is 3.09. The molecule has 12 nitrogen and oxygen atoms in total. The highest BCUT2D eigenvalue weighted by Gasteiger charge is 2.18. The number of carboxylic acids is 1. The molecule has 0 aliphatic rings. The molecule has 0 unspecified atom stereocenters. The Bertz CT molecular complexity index is 1410. The highest BCUT2D eigenvalue weighted by atomic mass is 16.5. The number of aromatic nitrogens is 3. The highest BCUT2D eigenvalue weighted by molar-refractivity contribution is 5.90. The monoisotopic (exact) mass is 565 g/mol. The lowest BCUT2D eigenvalue weighted by molar-refractivity contribution is -0.352. The maximum absolute atomic E-state index is 11.2. The van der Waals surface area contributed by atoms with E-state index in [1.165, 1.54) is 0 Å². The highest BCUT2D eigenvalue weighted by Crippen LogP contribution is 2.33. The van der Waals surface area contributed by atoms with Crippen LogP contribution in [0.1, 0.15) is 12.0 Å². The van der Waals surface area contributed by atoms with Crippen molar-refractivity contribution in [2.45, 2.75) is 13.0 Å². The van der Waals surface area contributed by atoms with Crippen molar-refractivity contribution in [1.29, 1.82) is 0 Å². The summed E-state index contributed by atoms with van der Waals surface area (Å²) in [6.07, 6.45) is 4.64. The summed E-state index contributed by atoms with van der Waals surface area (Å²) in [6, 6.07) is 12.5. The summed E-state index contributed by atoms with van der Waals surface area (Å²) in [7, 11) is 5.65. The van der Waals surface area contributed by atoms with Gasteiger partial charge in [0, 0.05) is 23.9 Å². The second-order valence-corrected chi connectivity index (χ2v) is 9.35. The van der Waals surface area contributed by atoms with Crippen molar-refractivity contribution in [2.24, 2.45) is 0 Å². The molecule has 5 N–H and O–H groups in total. The van der Waals surface area contributed by atoms with Crippen LogP contribution in [0.15, 0.2) is 55.0 Å². The number of benzene rings is 2. The van der Waals surface area contributed by atoms with Gasteiger partial charge < -0.3 is 39.6 Å². The zero-order chi connectivity index (χ0) is 29.0. The lowest BCUT2D eigenvalue weighted by atomic mass is 10.2. The number of H-pyrrole nitrogens is 2. The Labute approximate surface area is 238 Å². The van der Waals surface area contributed by atoms with E-state index in [1.807, 2.05) is 43.6 Å². The van der Waals surface area contributed by atoms with E-state index < -0.39 is 12.6 Å². The van der Waals surface area contributed by atoms with E-state index >= 15 is 0 Å². The molecule has 0 amide bonds. The van der Waals surface area contributed by atoms with E-state index in [-0.39, 0.29) is 13.2 Å². The molecule has 0 atom stereocenters. The molecule has 2 aromatic carbocycles. The van der Waals surface area contributed by atoms with Crippen LogP contribution in [0.3, 0.4) is 0 Å². The molecular formula is C29H37N6O6+. The number of nitrogens with one attached hydrogen (secondary N) is 4. The third-order valence-electron chi connectivity index (χ3n) is 6.23. The van der Waals surface area contributed by atoms with Gasteiger partial charge in [-0.25, -0.2) is 9.78 Å². The van der Waals surface area contributed by atoms with Crippen LogP contribution >= 0.6 is 0 Å². The topological polar surface area (TPSA) is 144 Å². The Morgan fingerprint density at radius 3 is 2.61 bits per heavy atom. The minimum Gasteiger partial charge on any atom is -0.497 e. The first-order valence-corrected chi connectivity index (χ1v) is 13.3. The number of ether oxygens (including phenoxy) is 4. The minimum absolute atomic E-state index is 0.230. The average Bonchev–Trinajstić information content (AvgIpc) is 3.38. The van der Waals surface area contributed by atoms with Gasteiger partial charge >= 0.3 is 5.97 Å². The largest absolute Gasteiger partial charge is 0.497 e. The maximum atomic E-state index is 11.2. The summed E-state index contributed by atoms with van der Waals surface area (Å²) in [4.78, 5) is 24.5. The molecule has 0 saturated heterocycles. The van der Waals surface area contributed by atoms with Crippen molar-refractivity contribution in [3.05, 3.63) is 60.6 Å². The van der Waals surface area contributed by atoms with Gasteiger partial charge in [-0.2, -0.15) is 0 Å². The Morgan fingerprint density at radius 2 is 1.85 bits per heavy atom. The first-order valence-electron chi connectivity index (χ1n) is 13.3. The number of methoxy groups -OCH3 is 1. The van der Waals surface area contributed by atoms with Gasteiger partial charge in [-0.3, -0.25) is 4.98 Å². The van der Waals surface area contributed by atoms with E-state index in [4.69, 9.17) is 18.9 Å². The van der Waals surface area contributed by atoms with Crippen molar-refractivity contribution < 1.29 is 33.8 Å².